The minimum atomic E-state index is -0.383. The van der Waals surface area contributed by atoms with Crippen molar-refractivity contribution < 1.29 is 4.79 Å². The van der Waals surface area contributed by atoms with Crippen molar-refractivity contribution >= 4 is 62.3 Å². The van der Waals surface area contributed by atoms with Crippen molar-refractivity contribution in [2.45, 2.75) is 6.42 Å². The van der Waals surface area contributed by atoms with Crippen LogP contribution in [0.1, 0.15) is 5.56 Å². The van der Waals surface area contributed by atoms with Crippen LogP contribution < -0.4 is 11.1 Å². The molecule has 0 spiro atoms. The molecule has 4 aromatic rings. The van der Waals surface area contributed by atoms with Gasteiger partial charge in [-0.1, -0.05) is 23.2 Å². The zero-order valence-corrected chi connectivity index (χ0v) is 15.2. The van der Waals surface area contributed by atoms with E-state index < -0.39 is 0 Å². The van der Waals surface area contributed by atoms with E-state index in [2.05, 4.69) is 10.3 Å². The Morgan fingerprint density at radius 1 is 0.923 bits per heavy atom. The number of halogens is 2. The van der Waals surface area contributed by atoms with Crippen molar-refractivity contribution in [3.8, 4) is 0 Å². The smallest absolute Gasteiger partial charge is 0.221 e. The van der Waals surface area contributed by atoms with Gasteiger partial charge in [0.15, 0.2) is 0 Å². The van der Waals surface area contributed by atoms with Crippen LogP contribution in [0.15, 0.2) is 54.6 Å². The lowest BCUT2D eigenvalue weighted by Gasteiger charge is -2.10. The Kier molecular flexibility index (Phi) is 4.23. The Morgan fingerprint density at radius 2 is 1.65 bits per heavy atom. The maximum atomic E-state index is 11.5. The molecule has 130 valence electrons. The van der Waals surface area contributed by atoms with Crippen molar-refractivity contribution in [1.29, 1.82) is 0 Å². The van der Waals surface area contributed by atoms with Crippen molar-refractivity contribution in [3.05, 3.63) is 70.2 Å². The molecular weight excluding hydrogens is 369 g/mol. The second-order valence-electron chi connectivity index (χ2n) is 6.15. The van der Waals surface area contributed by atoms with Gasteiger partial charge in [-0.3, -0.25) is 4.79 Å². The molecule has 26 heavy (non-hydrogen) atoms. The highest BCUT2D eigenvalue weighted by Gasteiger charge is 2.13. The van der Waals surface area contributed by atoms with Gasteiger partial charge in [0.25, 0.3) is 0 Å². The molecule has 0 saturated carbocycles. The van der Waals surface area contributed by atoms with Crippen molar-refractivity contribution in [1.82, 2.24) is 4.98 Å². The van der Waals surface area contributed by atoms with E-state index in [0.29, 0.717) is 10.0 Å². The number of hydrogen-bond acceptors (Lipinski definition) is 2. The first-order chi connectivity index (χ1) is 12.5. The van der Waals surface area contributed by atoms with E-state index in [9.17, 15) is 4.79 Å². The first kappa shape index (κ1) is 16.8. The summed E-state index contributed by atoms with van der Waals surface area (Å²) >= 11 is 12.1. The normalized spacial score (nSPS) is 11.2. The molecule has 0 fully saturated rings. The van der Waals surface area contributed by atoms with Crippen LogP contribution in [-0.2, 0) is 11.2 Å². The molecule has 1 aromatic heterocycles. The van der Waals surface area contributed by atoms with Crippen LogP contribution in [0.5, 0.6) is 0 Å². The van der Waals surface area contributed by atoms with Gasteiger partial charge < -0.3 is 16.0 Å². The first-order valence-corrected chi connectivity index (χ1v) is 8.80. The fraction of sp³-hybridized carbons (Fsp3) is 0.0500. The van der Waals surface area contributed by atoms with E-state index in [4.69, 9.17) is 28.9 Å². The standard InChI is InChI=1S/C20H15Cl2N3O/c21-12-1-4-14(5-2-12)24-15-7-11(8-19(23)26)20-17(10-15)16-9-13(22)3-6-18(16)25-20/h1-7,9-10,24-25H,8H2,(H2,23,26). The lowest BCUT2D eigenvalue weighted by molar-refractivity contribution is -0.117. The minimum Gasteiger partial charge on any atom is -0.369 e. The molecule has 1 heterocycles. The third kappa shape index (κ3) is 3.21. The van der Waals surface area contributed by atoms with Gasteiger partial charge in [-0.2, -0.15) is 0 Å². The first-order valence-electron chi connectivity index (χ1n) is 8.04. The quantitative estimate of drug-likeness (QED) is 0.441. The number of amides is 1. The van der Waals surface area contributed by atoms with Crippen LogP contribution in [-0.4, -0.2) is 10.9 Å². The van der Waals surface area contributed by atoms with E-state index in [0.717, 1.165) is 38.7 Å². The number of anilines is 2. The average Bonchev–Trinajstić information content (AvgIpc) is 2.95. The fourth-order valence-corrected chi connectivity index (χ4v) is 3.44. The summed E-state index contributed by atoms with van der Waals surface area (Å²) in [4.78, 5) is 14.9. The SMILES string of the molecule is NC(=O)Cc1cc(Nc2ccc(Cl)cc2)cc2c1[nH]c1ccc(Cl)cc12. The monoisotopic (exact) mass is 383 g/mol. The van der Waals surface area contributed by atoms with E-state index in [1.165, 1.54) is 0 Å². The summed E-state index contributed by atoms with van der Waals surface area (Å²) in [6.07, 6.45) is 0.146. The van der Waals surface area contributed by atoms with E-state index >= 15 is 0 Å². The van der Waals surface area contributed by atoms with Gasteiger partial charge in [-0.25, -0.2) is 0 Å². The summed E-state index contributed by atoms with van der Waals surface area (Å²) in [5.74, 6) is -0.383. The van der Waals surface area contributed by atoms with E-state index in [-0.39, 0.29) is 12.3 Å². The topological polar surface area (TPSA) is 70.9 Å². The highest BCUT2D eigenvalue weighted by molar-refractivity contribution is 6.32. The predicted molar refractivity (Wildman–Crippen MR) is 108 cm³/mol. The lowest BCUT2D eigenvalue weighted by atomic mass is 10.0. The zero-order chi connectivity index (χ0) is 18.3. The summed E-state index contributed by atoms with van der Waals surface area (Å²) in [5.41, 5.74) is 9.88. The third-order valence-corrected chi connectivity index (χ3v) is 4.74. The van der Waals surface area contributed by atoms with Gasteiger partial charge in [-0.15, -0.1) is 0 Å². The lowest BCUT2D eigenvalue weighted by Crippen LogP contribution is -2.14. The molecule has 4 nitrogen and oxygen atoms in total. The highest BCUT2D eigenvalue weighted by atomic mass is 35.5. The number of aromatic amines is 1. The van der Waals surface area contributed by atoms with Crippen LogP contribution in [0.4, 0.5) is 11.4 Å². The highest BCUT2D eigenvalue weighted by Crippen LogP contribution is 2.33. The molecule has 3 aromatic carbocycles. The van der Waals surface area contributed by atoms with Crippen LogP contribution in [0.2, 0.25) is 10.0 Å². The van der Waals surface area contributed by atoms with Gasteiger partial charge in [0.1, 0.15) is 0 Å². The molecule has 0 aliphatic carbocycles. The molecule has 0 atom stereocenters. The van der Waals surface area contributed by atoms with Crippen molar-refractivity contribution in [3.63, 3.8) is 0 Å². The second kappa shape index (κ2) is 6.56. The number of aromatic nitrogens is 1. The number of primary amides is 1. The Morgan fingerprint density at radius 3 is 2.38 bits per heavy atom. The summed E-state index contributed by atoms with van der Waals surface area (Å²) in [5, 5.41) is 6.66. The molecule has 0 bridgehead atoms. The maximum Gasteiger partial charge on any atom is 0.221 e. The van der Waals surface area contributed by atoms with Crippen LogP contribution in [0, 0.1) is 0 Å². The summed E-state index contributed by atoms with van der Waals surface area (Å²) in [7, 11) is 0. The number of benzene rings is 3. The molecule has 0 aliphatic rings. The second-order valence-corrected chi connectivity index (χ2v) is 7.02. The van der Waals surface area contributed by atoms with Crippen molar-refractivity contribution in [2.75, 3.05) is 5.32 Å². The van der Waals surface area contributed by atoms with Gasteiger partial charge in [0, 0.05) is 37.7 Å². The van der Waals surface area contributed by atoms with Gasteiger partial charge in [-0.05, 0) is 60.2 Å². The molecule has 4 rings (SSSR count). The fourth-order valence-electron chi connectivity index (χ4n) is 3.14. The number of rotatable bonds is 4. The zero-order valence-electron chi connectivity index (χ0n) is 13.6. The number of fused-ring (bicyclic) bond motifs is 3. The summed E-state index contributed by atoms with van der Waals surface area (Å²) in [6.45, 7) is 0. The minimum absolute atomic E-state index is 0.146. The van der Waals surface area contributed by atoms with Crippen LogP contribution >= 0.6 is 23.2 Å². The molecule has 0 unspecified atom stereocenters. The Hall–Kier alpha value is -2.69. The van der Waals surface area contributed by atoms with E-state index in [1.54, 1.807) is 0 Å². The predicted octanol–water partition coefficient (Wildman–Crippen LogP) is 5.40. The average molecular weight is 384 g/mol. The van der Waals surface area contributed by atoms with Crippen LogP contribution in [0.25, 0.3) is 21.8 Å². The number of hydrogen-bond donors (Lipinski definition) is 3. The molecule has 0 saturated heterocycles. The van der Waals surface area contributed by atoms with Crippen molar-refractivity contribution in [2.24, 2.45) is 5.73 Å². The van der Waals surface area contributed by atoms with E-state index in [1.807, 2.05) is 54.6 Å². The third-order valence-electron chi connectivity index (χ3n) is 4.25. The van der Waals surface area contributed by atoms with Crippen LogP contribution in [0.3, 0.4) is 0 Å². The molecule has 0 aliphatic heterocycles. The molecule has 4 N–H and O–H groups in total. The Balaban J connectivity index is 1.89. The van der Waals surface area contributed by atoms with Gasteiger partial charge in [0.2, 0.25) is 5.91 Å². The number of nitrogens with two attached hydrogens (primary N) is 1. The number of carbonyl (C=O) groups excluding carboxylic acids is 1. The van der Waals surface area contributed by atoms with Gasteiger partial charge >= 0.3 is 0 Å². The summed E-state index contributed by atoms with van der Waals surface area (Å²) in [6, 6.07) is 17.1. The molecular formula is C20H15Cl2N3O. The number of carbonyl (C=O) groups is 1. The largest absolute Gasteiger partial charge is 0.369 e. The van der Waals surface area contributed by atoms with Gasteiger partial charge in [0.05, 0.1) is 11.9 Å². The number of nitrogens with one attached hydrogen (secondary N) is 2. The summed E-state index contributed by atoms with van der Waals surface area (Å²) < 4.78 is 0. The molecule has 1 amide bonds. The molecule has 6 heteroatoms. The molecule has 0 radical (unpaired) electrons. The Bertz CT molecular complexity index is 1130. The Labute approximate surface area is 159 Å². The maximum absolute atomic E-state index is 11.5. The number of H-pyrrole nitrogens is 1.